The van der Waals surface area contributed by atoms with Gasteiger partial charge in [-0.2, -0.15) is 11.8 Å². The van der Waals surface area contributed by atoms with Gasteiger partial charge in [-0.15, -0.1) is 0 Å². The van der Waals surface area contributed by atoms with Crippen molar-refractivity contribution in [2.45, 2.75) is 122 Å². The molecule has 1 aromatic heterocycles. The minimum Gasteiger partial charge on any atom is -0.444 e. The number of hydrogen-bond donors (Lipinski definition) is 5. The number of fused-ring (bicyclic) bond motifs is 1. The highest BCUT2D eigenvalue weighted by atomic mass is 32.2. The Morgan fingerprint density at radius 3 is 2.29 bits per heavy atom. The average Bonchev–Trinajstić information content (AvgIpc) is 3.97. The first-order chi connectivity index (χ1) is 29.5. The molecule has 7 amide bonds. The van der Waals surface area contributed by atoms with E-state index < -0.39 is 77.3 Å². The Kier molecular flexibility index (Phi) is 16.4. The number of carbonyl (C=O) groups is 7. The van der Waals surface area contributed by atoms with Crippen LogP contribution in [0.4, 0.5) is 4.79 Å². The molecule has 2 aromatic carbocycles. The lowest BCUT2D eigenvalue weighted by Gasteiger charge is -2.37. The number of rotatable bonds is 19. The largest absolute Gasteiger partial charge is 0.444 e. The predicted octanol–water partition coefficient (Wildman–Crippen LogP) is 3.83. The number of carbonyl (C=O) groups excluding carboxylic acids is 7. The van der Waals surface area contributed by atoms with E-state index in [9.17, 15) is 33.6 Å². The van der Waals surface area contributed by atoms with Crippen LogP contribution in [0.5, 0.6) is 0 Å². The van der Waals surface area contributed by atoms with Crippen LogP contribution in [0.1, 0.15) is 84.3 Å². The van der Waals surface area contributed by atoms with Crippen molar-refractivity contribution in [3.8, 4) is 0 Å². The lowest BCUT2D eigenvalue weighted by Crippen LogP contribution is -2.60. The average molecular weight is 875 g/mol. The topological polar surface area (TPSA) is 216 Å². The SMILES string of the molecule is CSCCC(C(N)=O)N(C(=O)CCC(C)C)N1CC[C@H](NC(=O)[C@@H](Cc2ccccc2)NC(=O)[C@@H](Cc2c[nH]c3ccccc23)NC(=O)[C@@H]2CCCN2C(=O)OC(C)(C)C)C1=O. The van der Waals surface area contributed by atoms with Crippen LogP contribution in [0, 0.1) is 5.92 Å². The second-order valence-electron chi connectivity index (χ2n) is 17.4. The second kappa shape index (κ2) is 21.5. The van der Waals surface area contributed by atoms with E-state index in [-0.39, 0.29) is 44.6 Å². The number of H-pyrrole nitrogens is 1. The third kappa shape index (κ3) is 12.5. The van der Waals surface area contributed by atoms with Gasteiger partial charge in [-0.05, 0) is 88.0 Å². The molecule has 336 valence electrons. The van der Waals surface area contributed by atoms with Crippen LogP contribution in [0.3, 0.4) is 0 Å². The van der Waals surface area contributed by atoms with Gasteiger partial charge in [0.05, 0.1) is 0 Å². The van der Waals surface area contributed by atoms with E-state index in [1.165, 1.54) is 26.7 Å². The Morgan fingerprint density at radius 1 is 0.919 bits per heavy atom. The van der Waals surface area contributed by atoms with Gasteiger partial charge in [-0.3, -0.25) is 33.7 Å². The molecule has 0 radical (unpaired) electrons. The molecule has 2 saturated heterocycles. The molecule has 6 N–H and O–H groups in total. The number of likely N-dealkylation sites (tertiary alicyclic amines) is 1. The Bertz CT molecular complexity index is 2070. The number of nitrogens with zero attached hydrogens (tertiary/aromatic N) is 3. The predicted molar refractivity (Wildman–Crippen MR) is 237 cm³/mol. The minimum atomic E-state index is -1.21. The minimum absolute atomic E-state index is 0.0457. The molecular weight excluding hydrogens is 813 g/mol. The summed E-state index contributed by atoms with van der Waals surface area (Å²) < 4.78 is 5.59. The maximum atomic E-state index is 14.5. The molecule has 0 aliphatic carbocycles. The van der Waals surface area contributed by atoms with Crippen molar-refractivity contribution in [2.75, 3.05) is 25.1 Å². The Hall–Kier alpha value is -5.58. The molecule has 2 fully saturated rings. The van der Waals surface area contributed by atoms with Crippen molar-refractivity contribution in [1.29, 1.82) is 0 Å². The maximum Gasteiger partial charge on any atom is 0.410 e. The number of hydrazine groups is 1. The van der Waals surface area contributed by atoms with Crippen molar-refractivity contribution in [2.24, 2.45) is 11.7 Å². The van der Waals surface area contributed by atoms with E-state index in [4.69, 9.17) is 10.5 Å². The number of benzene rings is 2. The molecule has 0 saturated carbocycles. The van der Waals surface area contributed by atoms with Crippen molar-refractivity contribution >= 4 is 64.2 Å². The van der Waals surface area contributed by atoms with Crippen LogP contribution in [0.15, 0.2) is 60.8 Å². The quantitative estimate of drug-likeness (QED) is 0.118. The normalized spacial score (nSPS) is 18.0. The Labute approximate surface area is 367 Å². The number of amides is 7. The number of thioether (sulfide) groups is 1. The third-order valence-electron chi connectivity index (χ3n) is 11.0. The van der Waals surface area contributed by atoms with Gasteiger partial charge in [-0.25, -0.2) is 14.8 Å². The standard InChI is InChI=1S/C45H62N8O8S/c1-28(2)18-19-38(54)53(36(39(46)55)21-24-62-6)52-23-20-33(43(52)59)48-40(56)34(25-29-13-8-7-9-14-29)49-41(57)35(26-30-27-47-32-16-11-10-15-31(30)32)50-42(58)37-17-12-22-51(37)44(60)61-45(3,4)5/h7-11,13-16,27-28,33-37,47H,12,17-26H2,1-6H3,(H2,46,55)(H,48,56)(H,49,57)(H,50,58)/t33-,34+,35+,36?,37-/m0/s1. The molecule has 3 heterocycles. The molecular formula is C45H62N8O8S. The van der Waals surface area contributed by atoms with Crippen molar-refractivity contribution in [3.05, 3.63) is 71.9 Å². The smallest absolute Gasteiger partial charge is 0.410 e. The van der Waals surface area contributed by atoms with Gasteiger partial charge >= 0.3 is 6.09 Å². The summed E-state index contributed by atoms with van der Waals surface area (Å²) in [6, 6.07) is 11.2. The number of para-hydroxylation sites is 1. The highest BCUT2D eigenvalue weighted by molar-refractivity contribution is 7.98. The van der Waals surface area contributed by atoms with Gasteiger partial charge in [-0.1, -0.05) is 62.4 Å². The molecule has 5 atom stereocenters. The highest BCUT2D eigenvalue weighted by Gasteiger charge is 2.43. The van der Waals surface area contributed by atoms with Gasteiger partial charge in [0, 0.05) is 49.5 Å². The molecule has 3 aromatic rings. The fourth-order valence-corrected chi connectivity index (χ4v) is 8.27. The van der Waals surface area contributed by atoms with Crippen molar-refractivity contribution in [1.82, 2.24) is 35.9 Å². The lowest BCUT2D eigenvalue weighted by atomic mass is 10.0. The van der Waals surface area contributed by atoms with E-state index in [2.05, 4.69) is 20.9 Å². The summed E-state index contributed by atoms with van der Waals surface area (Å²) in [5.74, 6) is -2.84. The fourth-order valence-electron chi connectivity index (χ4n) is 7.81. The van der Waals surface area contributed by atoms with Crippen LogP contribution in [0.2, 0.25) is 0 Å². The lowest BCUT2D eigenvalue weighted by molar-refractivity contribution is -0.168. The number of nitrogens with two attached hydrogens (primary N) is 1. The number of ether oxygens (including phenoxy) is 1. The van der Waals surface area contributed by atoms with Gasteiger partial charge < -0.3 is 31.4 Å². The van der Waals surface area contributed by atoms with E-state index in [1.807, 2.05) is 62.6 Å². The van der Waals surface area contributed by atoms with E-state index in [0.717, 1.165) is 22.0 Å². The highest BCUT2D eigenvalue weighted by Crippen LogP contribution is 2.25. The fraction of sp³-hybridized carbons (Fsp3) is 0.533. The monoisotopic (exact) mass is 874 g/mol. The zero-order chi connectivity index (χ0) is 45.1. The Balaban J connectivity index is 1.39. The van der Waals surface area contributed by atoms with Gasteiger partial charge in [0.2, 0.25) is 29.5 Å². The number of nitrogens with one attached hydrogen (secondary N) is 4. The molecule has 17 heteroatoms. The first kappa shape index (κ1) is 47.5. The first-order valence-corrected chi connectivity index (χ1v) is 22.8. The molecule has 1 unspecified atom stereocenters. The third-order valence-corrected chi connectivity index (χ3v) is 11.6. The summed E-state index contributed by atoms with van der Waals surface area (Å²) in [6.45, 7) is 9.55. The van der Waals surface area contributed by atoms with Gasteiger partial charge in [0.1, 0.15) is 35.8 Å². The molecule has 0 spiro atoms. The van der Waals surface area contributed by atoms with Crippen molar-refractivity contribution in [3.63, 3.8) is 0 Å². The summed E-state index contributed by atoms with van der Waals surface area (Å²) in [7, 11) is 0. The van der Waals surface area contributed by atoms with Gasteiger partial charge in [0.25, 0.3) is 5.91 Å². The van der Waals surface area contributed by atoms with E-state index in [0.29, 0.717) is 31.6 Å². The first-order valence-electron chi connectivity index (χ1n) is 21.4. The number of hydrogen-bond acceptors (Lipinski definition) is 9. The molecule has 62 heavy (non-hydrogen) atoms. The second-order valence-corrected chi connectivity index (χ2v) is 18.4. The van der Waals surface area contributed by atoms with Gasteiger partial charge in [0.15, 0.2) is 0 Å². The van der Waals surface area contributed by atoms with E-state index >= 15 is 0 Å². The summed E-state index contributed by atoms with van der Waals surface area (Å²) in [6.07, 6.45) is 5.06. The number of aromatic amines is 1. The van der Waals surface area contributed by atoms with E-state index in [1.54, 1.807) is 39.1 Å². The van der Waals surface area contributed by atoms with Crippen molar-refractivity contribution < 1.29 is 38.3 Å². The maximum absolute atomic E-state index is 14.5. The summed E-state index contributed by atoms with van der Waals surface area (Å²) in [4.78, 5) is 101. The molecule has 2 aliphatic heterocycles. The van der Waals surface area contributed by atoms with Crippen LogP contribution in [-0.4, -0.2) is 122 Å². The van der Waals surface area contributed by atoms with Crippen LogP contribution >= 0.6 is 11.8 Å². The zero-order valence-corrected chi connectivity index (χ0v) is 37.4. The molecule has 2 aliphatic rings. The number of primary amides is 1. The Morgan fingerprint density at radius 2 is 1.61 bits per heavy atom. The summed E-state index contributed by atoms with van der Waals surface area (Å²) >= 11 is 1.48. The van der Waals surface area contributed by atoms with Crippen LogP contribution in [0.25, 0.3) is 10.9 Å². The molecule has 5 rings (SSSR count). The summed E-state index contributed by atoms with van der Waals surface area (Å²) in [5.41, 5.74) is 7.35. The zero-order valence-electron chi connectivity index (χ0n) is 36.6. The molecule has 16 nitrogen and oxygen atoms in total. The van der Waals surface area contributed by atoms with Crippen LogP contribution in [-0.2, 0) is 46.3 Å². The summed E-state index contributed by atoms with van der Waals surface area (Å²) in [5, 5.41) is 11.9. The molecule has 0 bridgehead atoms. The number of aromatic nitrogens is 1. The van der Waals surface area contributed by atoms with Crippen LogP contribution < -0.4 is 21.7 Å².